The number of hydrogen-bond acceptors (Lipinski definition) is 8. The van der Waals surface area contributed by atoms with Crippen molar-refractivity contribution in [1.29, 1.82) is 0 Å². The van der Waals surface area contributed by atoms with Gasteiger partial charge in [0.15, 0.2) is 5.82 Å². The van der Waals surface area contributed by atoms with Crippen LogP contribution in [0.25, 0.3) is 10.9 Å². The van der Waals surface area contributed by atoms with Crippen molar-refractivity contribution in [2.45, 2.75) is 76.5 Å². The minimum Gasteiger partial charge on any atom is -0.462 e. The molecule has 9 nitrogen and oxygen atoms in total. The van der Waals surface area contributed by atoms with Gasteiger partial charge in [-0.15, -0.1) is 0 Å². The lowest BCUT2D eigenvalue weighted by Crippen LogP contribution is -2.45. The molecule has 2 aromatic rings. The Balaban J connectivity index is 1.72. The van der Waals surface area contributed by atoms with Crippen LogP contribution >= 0.6 is 15.9 Å². The van der Waals surface area contributed by atoms with Gasteiger partial charge in [0.2, 0.25) is 0 Å². The number of amides is 1. The zero-order chi connectivity index (χ0) is 30.4. The number of likely N-dealkylation sites (N-methyl/N-ethyl adjacent to an activating group) is 2. The first-order valence-electron chi connectivity index (χ1n) is 13.4. The molecular weight excluding hydrogens is 614 g/mol. The molecule has 1 unspecified atom stereocenters. The highest BCUT2D eigenvalue weighted by Crippen LogP contribution is 2.42. The Morgan fingerprint density at radius 3 is 2.51 bits per heavy atom. The number of anilines is 1. The summed E-state index contributed by atoms with van der Waals surface area (Å²) < 4.78 is 73.2. The highest BCUT2D eigenvalue weighted by Gasteiger charge is 2.41. The number of aromatic nitrogens is 2. The molecule has 4 rings (SSSR count). The van der Waals surface area contributed by atoms with E-state index in [1.165, 1.54) is 0 Å². The first-order valence-corrected chi connectivity index (χ1v) is 14.2. The van der Waals surface area contributed by atoms with Gasteiger partial charge in [0.05, 0.1) is 28.2 Å². The summed E-state index contributed by atoms with van der Waals surface area (Å²) in [5.41, 5.74) is -2.17. The standard InChI is InChI=1S/C27H36BrF4N5O4/c1-14-19(8-9-37(14)25(38)41-26(2,3)4)36(6)23-17-11-18(27(30,31)32)20(28)21(29)22(17)33-24(34-23)40-13-15-10-16(39-7)12-35(15)5/h11,14-16,19H,8-10,12-13H2,1-7H3/t14-,15?,16-,19-/m1/s1. The molecule has 2 aliphatic rings. The van der Waals surface area contributed by atoms with Crippen molar-refractivity contribution in [3.8, 4) is 6.01 Å². The van der Waals surface area contributed by atoms with Gasteiger partial charge < -0.3 is 24.0 Å². The van der Waals surface area contributed by atoms with Crippen LogP contribution in [0.4, 0.5) is 28.2 Å². The molecule has 0 saturated carbocycles. The minimum atomic E-state index is -4.82. The Morgan fingerprint density at radius 2 is 1.93 bits per heavy atom. The second-order valence-corrected chi connectivity index (χ2v) is 12.4. The third-order valence-electron chi connectivity index (χ3n) is 7.70. The van der Waals surface area contributed by atoms with Crippen molar-refractivity contribution in [2.24, 2.45) is 0 Å². The van der Waals surface area contributed by atoms with Crippen molar-refractivity contribution in [3.05, 3.63) is 21.9 Å². The van der Waals surface area contributed by atoms with E-state index in [-0.39, 0.29) is 53.6 Å². The van der Waals surface area contributed by atoms with Gasteiger partial charge >= 0.3 is 18.3 Å². The number of hydrogen-bond donors (Lipinski definition) is 0. The van der Waals surface area contributed by atoms with E-state index >= 15 is 4.39 Å². The summed E-state index contributed by atoms with van der Waals surface area (Å²) >= 11 is 2.77. The number of ether oxygens (including phenoxy) is 3. The monoisotopic (exact) mass is 649 g/mol. The van der Waals surface area contributed by atoms with Gasteiger partial charge in [-0.3, -0.25) is 4.90 Å². The third-order valence-corrected chi connectivity index (χ3v) is 8.47. The number of fused-ring (bicyclic) bond motifs is 1. The maximum atomic E-state index is 15.5. The lowest BCUT2D eigenvalue weighted by Gasteiger charge is -2.33. The molecule has 0 aliphatic carbocycles. The van der Waals surface area contributed by atoms with Crippen LogP contribution in [0.1, 0.15) is 46.1 Å². The van der Waals surface area contributed by atoms with Crippen LogP contribution in [0.2, 0.25) is 0 Å². The van der Waals surface area contributed by atoms with E-state index in [0.29, 0.717) is 25.9 Å². The molecule has 4 atom stereocenters. The van der Waals surface area contributed by atoms with Crippen molar-refractivity contribution in [3.63, 3.8) is 0 Å². The fourth-order valence-corrected chi connectivity index (χ4v) is 5.98. The summed E-state index contributed by atoms with van der Waals surface area (Å²) in [7, 11) is 5.23. The molecule has 2 saturated heterocycles. The Kier molecular flexibility index (Phi) is 8.97. The maximum absolute atomic E-state index is 15.5. The van der Waals surface area contributed by atoms with E-state index in [9.17, 15) is 18.0 Å². The Morgan fingerprint density at radius 1 is 1.24 bits per heavy atom. The molecule has 1 aromatic heterocycles. The van der Waals surface area contributed by atoms with Crippen molar-refractivity contribution >= 4 is 38.7 Å². The van der Waals surface area contributed by atoms with Crippen LogP contribution in [0.5, 0.6) is 6.01 Å². The number of methoxy groups -OCH3 is 1. The summed E-state index contributed by atoms with van der Waals surface area (Å²) in [4.78, 5) is 26.8. The predicted octanol–water partition coefficient (Wildman–Crippen LogP) is 5.48. The number of carbonyl (C=O) groups is 1. The van der Waals surface area contributed by atoms with E-state index in [4.69, 9.17) is 14.2 Å². The zero-order valence-electron chi connectivity index (χ0n) is 24.2. The molecule has 0 spiro atoms. The number of rotatable bonds is 6. The fourth-order valence-electron chi connectivity index (χ4n) is 5.45. The SMILES string of the molecule is CO[C@@H]1CC(COc2nc(N(C)[C@@H]3CCN(C(=O)OC(C)(C)C)[C@@H]3C)c3cc(C(F)(F)F)c(Br)c(F)c3n2)N(C)C1. The first-order chi connectivity index (χ1) is 19.0. The summed E-state index contributed by atoms with van der Waals surface area (Å²) in [5, 5.41) is -0.117. The minimum absolute atomic E-state index is 0.0122. The van der Waals surface area contributed by atoms with Gasteiger partial charge in [-0.2, -0.15) is 23.1 Å². The van der Waals surface area contributed by atoms with E-state index in [2.05, 4.69) is 30.8 Å². The van der Waals surface area contributed by atoms with Crippen molar-refractivity contribution in [1.82, 2.24) is 19.8 Å². The summed E-state index contributed by atoms with van der Waals surface area (Å²) in [5.74, 6) is -1.09. The third kappa shape index (κ3) is 6.64. The lowest BCUT2D eigenvalue weighted by atomic mass is 10.1. The lowest BCUT2D eigenvalue weighted by molar-refractivity contribution is -0.138. The summed E-state index contributed by atoms with van der Waals surface area (Å²) in [6.07, 6.45) is -4.06. The van der Waals surface area contributed by atoms with Crippen molar-refractivity contribution in [2.75, 3.05) is 45.8 Å². The molecule has 2 fully saturated rings. The maximum Gasteiger partial charge on any atom is 0.417 e. The van der Waals surface area contributed by atoms with Crippen LogP contribution in [-0.2, 0) is 15.7 Å². The van der Waals surface area contributed by atoms with E-state index in [0.717, 1.165) is 6.07 Å². The van der Waals surface area contributed by atoms with Crippen LogP contribution in [-0.4, -0.2) is 96.6 Å². The van der Waals surface area contributed by atoms with Crippen LogP contribution < -0.4 is 9.64 Å². The predicted molar refractivity (Wildman–Crippen MR) is 149 cm³/mol. The number of alkyl halides is 3. The van der Waals surface area contributed by atoms with Crippen molar-refractivity contribution < 1.29 is 36.6 Å². The molecule has 1 amide bonds. The Hall–Kier alpha value is -2.45. The van der Waals surface area contributed by atoms with Crippen LogP contribution in [0.15, 0.2) is 10.5 Å². The summed E-state index contributed by atoms with van der Waals surface area (Å²) in [6, 6.07) is -0.0459. The highest BCUT2D eigenvalue weighted by molar-refractivity contribution is 9.10. The average Bonchev–Trinajstić information content (AvgIpc) is 3.44. The molecule has 0 bridgehead atoms. The number of benzene rings is 1. The molecule has 2 aliphatic heterocycles. The highest BCUT2D eigenvalue weighted by atomic mass is 79.9. The van der Waals surface area contributed by atoms with Gasteiger partial charge in [-0.05, 0) is 69.6 Å². The topological polar surface area (TPSA) is 80.3 Å². The number of carbonyl (C=O) groups excluding carboxylic acids is 1. The molecule has 14 heteroatoms. The first kappa shape index (κ1) is 31.5. The molecule has 1 aromatic carbocycles. The number of likely N-dealkylation sites (tertiary alicyclic amines) is 2. The quantitative estimate of drug-likeness (QED) is 0.381. The Bertz CT molecular complexity index is 1290. The normalized spacial score (nSPS) is 23.9. The molecular formula is C27H36BrF4N5O4. The van der Waals surface area contributed by atoms with Crippen LogP contribution in [0, 0.1) is 5.82 Å². The molecule has 3 heterocycles. The van der Waals surface area contributed by atoms with Gasteiger partial charge in [0, 0.05) is 38.7 Å². The van der Waals surface area contributed by atoms with Gasteiger partial charge in [-0.1, -0.05) is 0 Å². The van der Waals surface area contributed by atoms with Gasteiger partial charge in [0.1, 0.15) is 23.5 Å². The summed E-state index contributed by atoms with van der Waals surface area (Å²) in [6.45, 7) is 8.42. The molecule has 41 heavy (non-hydrogen) atoms. The van der Waals surface area contributed by atoms with Gasteiger partial charge in [0.25, 0.3) is 0 Å². The van der Waals surface area contributed by atoms with E-state index in [1.807, 2.05) is 14.0 Å². The molecule has 0 N–H and O–H groups in total. The molecule has 0 radical (unpaired) electrons. The average molecular weight is 651 g/mol. The number of halogens is 5. The smallest absolute Gasteiger partial charge is 0.417 e. The van der Waals surface area contributed by atoms with E-state index in [1.54, 1.807) is 44.7 Å². The number of nitrogens with zero attached hydrogens (tertiary/aromatic N) is 5. The second kappa shape index (κ2) is 11.7. The van der Waals surface area contributed by atoms with E-state index < -0.39 is 33.7 Å². The van der Waals surface area contributed by atoms with Gasteiger partial charge in [-0.25, -0.2) is 9.18 Å². The molecule has 228 valence electrons. The second-order valence-electron chi connectivity index (χ2n) is 11.7. The fraction of sp³-hybridized carbons (Fsp3) is 0.667. The largest absolute Gasteiger partial charge is 0.462 e. The Labute approximate surface area is 245 Å². The van der Waals surface area contributed by atoms with Crippen LogP contribution in [0.3, 0.4) is 0 Å². The zero-order valence-corrected chi connectivity index (χ0v) is 25.8.